The zero-order valence-corrected chi connectivity index (χ0v) is 13.3. The van der Waals surface area contributed by atoms with Crippen LogP contribution in [0, 0.1) is 5.82 Å². The Morgan fingerprint density at radius 3 is 3.00 bits per heavy atom. The van der Waals surface area contributed by atoms with Crippen molar-refractivity contribution in [3.05, 3.63) is 53.6 Å². The maximum absolute atomic E-state index is 13.2. The van der Waals surface area contributed by atoms with E-state index in [2.05, 4.69) is 27.5 Å². The van der Waals surface area contributed by atoms with Gasteiger partial charge in [0.05, 0.1) is 11.1 Å². The van der Waals surface area contributed by atoms with Crippen LogP contribution in [-0.2, 0) is 0 Å². The van der Waals surface area contributed by atoms with E-state index in [1.165, 1.54) is 6.07 Å². The Balaban J connectivity index is 2.09. The molecule has 1 aromatic carbocycles. The van der Waals surface area contributed by atoms with Crippen LogP contribution in [0.3, 0.4) is 0 Å². The molecule has 6 heteroatoms. The Kier molecular flexibility index (Phi) is 5.98. The molecule has 0 amide bonds. The lowest BCUT2D eigenvalue weighted by atomic mass is 10.2. The first-order valence-electron chi connectivity index (χ1n) is 7.15. The van der Waals surface area contributed by atoms with Crippen LogP contribution in [0.5, 0.6) is 0 Å². The van der Waals surface area contributed by atoms with Gasteiger partial charge in [0.15, 0.2) is 0 Å². The minimum absolute atomic E-state index is 0.0907. The summed E-state index contributed by atoms with van der Waals surface area (Å²) in [4.78, 5) is 4.65. The SMILES string of the molecule is C=CNC(/C=C(\C)Nc1ccc(F)c(Cl)c1)=NC1CCNC1. The van der Waals surface area contributed by atoms with Crippen LogP contribution < -0.4 is 16.0 Å². The van der Waals surface area contributed by atoms with Crippen LogP contribution in [0.25, 0.3) is 0 Å². The van der Waals surface area contributed by atoms with Gasteiger partial charge in [-0.3, -0.25) is 4.99 Å². The highest BCUT2D eigenvalue weighted by atomic mass is 35.5. The Hall–Kier alpha value is -1.85. The van der Waals surface area contributed by atoms with Gasteiger partial charge in [0.25, 0.3) is 0 Å². The second kappa shape index (κ2) is 7.96. The lowest BCUT2D eigenvalue weighted by molar-refractivity contribution is 0.628. The third-order valence-electron chi connectivity index (χ3n) is 3.22. The smallest absolute Gasteiger partial charge is 0.141 e. The fourth-order valence-electron chi connectivity index (χ4n) is 2.21. The molecule has 3 N–H and O–H groups in total. The summed E-state index contributed by atoms with van der Waals surface area (Å²) in [6, 6.07) is 4.79. The van der Waals surface area contributed by atoms with Gasteiger partial charge in [-0.25, -0.2) is 4.39 Å². The van der Waals surface area contributed by atoms with Crippen LogP contribution in [0.4, 0.5) is 10.1 Å². The van der Waals surface area contributed by atoms with E-state index >= 15 is 0 Å². The molecule has 0 aromatic heterocycles. The number of nitrogens with zero attached hydrogens (tertiary/aromatic N) is 1. The standard InChI is InChI=1S/C16H20ClFN4/c1-3-20-16(22-13-6-7-19-10-13)8-11(2)21-12-4-5-15(18)14(17)9-12/h3-5,8-9,13,19,21H,1,6-7,10H2,2H3,(H,20,22)/b11-8+. The van der Waals surface area contributed by atoms with Crippen molar-refractivity contribution in [2.75, 3.05) is 18.4 Å². The molecule has 1 unspecified atom stereocenters. The first-order chi connectivity index (χ1) is 10.6. The van der Waals surface area contributed by atoms with Crippen molar-refractivity contribution in [1.29, 1.82) is 0 Å². The summed E-state index contributed by atoms with van der Waals surface area (Å²) >= 11 is 5.78. The molecule has 1 atom stereocenters. The number of allylic oxidation sites excluding steroid dienone is 1. The molecule has 1 aromatic rings. The molecule has 1 heterocycles. The first kappa shape index (κ1) is 16.5. The van der Waals surface area contributed by atoms with Gasteiger partial charge < -0.3 is 16.0 Å². The molecule has 22 heavy (non-hydrogen) atoms. The lowest BCUT2D eigenvalue weighted by Gasteiger charge is -2.10. The molecule has 1 aliphatic heterocycles. The fourth-order valence-corrected chi connectivity index (χ4v) is 2.39. The van der Waals surface area contributed by atoms with Crippen molar-refractivity contribution in [1.82, 2.24) is 10.6 Å². The predicted octanol–water partition coefficient (Wildman–Crippen LogP) is 3.29. The van der Waals surface area contributed by atoms with E-state index in [0.717, 1.165) is 36.7 Å². The second-order valence-corrected chi connectivity index (χ2v) is 5.50. The average Bonchev–Trinajstić information content (AvgIpc) is 2.96. The molecule has 1 fully saturated rings. The summed E-state index contributed by atoms with van der Waals surface area (Å²) in [5.41, 5.74) is 1.59. The maximum Gasteiger partial charge on any atom is 0.141 e. The molecule has 0 bridgehead atoms. The van der Waals surface area contributed by atoms with Gasteiger partial charge in [-0.15, -0.1) is 0 Å². The highest BCUT2D eigenvalue weighted by Crippen LogP contribution is 2.20. The van der Waals surface area contributed by atoms with Crippen LogP contribution in [0.15, 0.2) is 47.7 Å². The zero-order chi connectivity index (χ0) is 15.9. The van der Waals surface area contributed by atoms with Crippen molar-refractivity contribution < 1.29 is 4.39 Å². The Morgan fingerprint density at radius 2 is 2.36 bits per heavy atom. The summed E-state index contributed by atoms with van der Waals surface area (Å²) in [7, 11) is 0. The lowest BCUT2D eigenvalue weighted by Crippen LogP contribution is -2.20. The van der Waals surface area contributed by atoms with E-state index in [-0.39, 0.29) is 11.1 Å². The van der Waals surface area contributed by atoms with Crippen molar-refractivity contribution >= 4 is 23.1 Å². The van der Waals surface area contributed by atoms with Crippen molar-refractivity contribution in [2.45, 2.75) is 19.4 Å². The van der Waals surface area contributed by atoms with E-state index in [4.69, 9.17) is 11.6 Å². The van der Waals surface area contributed by atoms with Crippen LogP contribution in [0.1, 0.15) is 13.3 Å². The third kappa shape index (κ3) is 4.86. The highest BCUT2D eigenvalue weighted by Gasteiger charge is 2.13. The van der Waals surface area contributed by atoms with E-state index in [1.54, 1.807) is 18.3 Å². The average molecular weight is 323 g/mol. The summed E-state index contributed by atoms with van der Waals surface area (Å²) in [6.07, 6.45) is 4.51. The summed E-state index contributed by atoms with van der Waals surface area (Å²) in [5, 5.41) is 9.56. The summed E-state index contributed by atoms with van der Waals surface area (Å²) < 4.78 is 13.2. The number of amidine groups is 1. The molecule has 4 nitrogen and oxygen atoms in total. The van der Waals surface area contributed by atoms with E-state index in [0.29, 0.717) is 0 Å². The minimum atomic E-state index is -0.432. The number of rotatable bonds is 5. The second-order valence-electron chi connectivity index (χ2n) is 5.09. The van der Waals surface area contributed by atoms with Crippen LogP contribution >= 0.6 is 11.6 Å². The van der Waals surface area contributed by atoms with Crippen LogP contribution in [0.2, 0.25) is 5.02 Å². The molecule has 0 radical (unpaired) electrons. The van der Waals surface area contributed by atoms with E-state index in [1.807, 2.05) is 13.0 Å². The zero-order valence-electron chi connectivity index (χ0n) is 12.5. The largest absolute Gasteiger partial charge is 0.359 e. The summed E-state index contributed by atoms with van der Waals surface area (Å²) in [5.74, 6) is 0.306. The molecule has 0 spiro atoms. The molecule has 2 rings (SSSR count). The Labute approximate surface area is 135 Å². The molecule has 0 saturated carbocycles. The molecule has 1 saturated heterocycles. The van der Waals surface area contributed by atoms with E-state index in [9.17, 15) is 4.39 Å². The number of anilines is 1. The fraction of sp³-hybridized carbons (Fsp3) is 0.312. The van der Waals surface area contributed by atoms with Crippen molar-refractivity contribution in [3.8, 4) is 0 Å². The monoisotopic (exact) mass is 322 g/mol. The van der Waals surface area contributed by atoms with Crippen LogP contribution in [-0.4, -0.2) is 25.0 Å². The molecular weight excluding hydrogens is 303 g/mol. The number of aliphatic imine (C=N–C) groups is 1. The number of hydrogen-bond donors (Lipinski definition) is 3. The number of nitrogens with one attached hydrogen (secondary N) is 3. The molecule has 0 aliphatic carbocycles. The quantitative estimate of drug-likeness (QED) is 0.576. The van der Waals surface area contributed by atoms with Gasteiger partial charge in [-0.1, -0.05) is 18.2 Å². The first-order valence-corrected chi connectivity index (χ1v) is 7.52. The number of hydrogen-bond acceptors (Lipinski definition) is 3. The van der Waals surface area contributed by atoms with E-state index < -0.39 is 5.82 Å². The number of benzene rings is 1. The highest BCUT2D eigenvalue weighted by molar-refractivity contribution is 6.31. The maximum atomic E-state index is 13.2. The van der Waals surface area contributed by atoms with Gasteiger partial charge in [0.1, 0.15) is 11.7 Å². The topological polar surface area (TPSA) is 48.5 Å². The van der Waals surface area contributed by atoms with Crippen molar-refractivity contribution in [3.63, 3.8) is 0 Å². The number of halogens is 2. The van der Waals surface area contributed by atoms with Gasteiger partial charge in [0, 0.05) is 17.9 Å². The van der Waals surface area contributed by atoms with Gasteiger partial charge >= 0.3 is 0 Å². The third-order valence-corrected chi connectivity index (χ3v) is 3.51. The normalized spacial score (nSPS) is 19.1. The minimum Gasteiger partial charge on any atom is -0.359 e. The predicted molar refractivity (Wildman–Crippen MR) is 90.8 cm³/mol. The summed E-state index contributed by atoms with van der Waals surface area (Å²) in [6.45, 7) is 7.45. The van der Waals surface area contributed by atoms with Gasteiger partial charge in [-0.2, -0.15) is 0 Å². The van der Waals surface area contributed by atoms with Crippen molar-refractivity contribution in [2.24, 2.45) is 4.99 Å². The molecule has 1 aliphatic rings. The van der Waals surface area contributed by atoms with Gasteiger partial charge in [0.2, 0.25) is 0 Å². The molecule has 118 valence electrons. The van der Waals surface area contributed by atoms with Gasteiger partial charge in [-0.05, 0) is 50.4 Å². The molecular formula is C16H20ClFN4. The Bertz CT molecular complexity index is 592. The Morgan fingerprint density at radius 1 is 1.55 bits per heavy atom.